The number of hydrogen-bond donors (Lipinski definition) is 2. The SMILES string of the molecule is NC(=O)c1cc(NC(=O)c2ccc3c(c2)CCC3)ccc1F. The van der Waals surface area contributed by atoms with Crippen LogP contribution in [0.5, 0.6) is 0 Å². The first-order valence-corrected chi connectivity index (χ1v) is 7.07. The van der Waals surface area contributed by atoms with Crippen LogP contribution in [0.4, 0.5) is 10.1 Å². The van der Waals surface area contributed by atoms with Gasteiger partial charge in [-0.1, -0.05) is 6.07 Å². The molecule has 0 fully saturated rings. The van der Waals surface area contributed by atoms with E-state index in [0.717, 1.165) is 25.3 Å². The number of primary amides is 1. The topological polar surface area (TPSA) is 72.2 Å². The number of carbonyl (C=O) groups excluding carboxylic acids is 2. The average molecular weight is 298 g/mol. The summed E-state index contributed by atoms with van der Waals surface area (Å²) < 4.78 is 13.4. The van der Waals surface area contributed by atoms with Gasteiger partial charge in [-0.05, 0) is 60.7 Å². The molecule has 0 aliphatic heterocycles. The Morgan fingerprint density at radius 1 is 1.05 bits per heavy atom. The van der Waals surface area contributed by atoms with Gasteiger partial charge in [0.25, 0.3) is 11.8 Å². The van der Waals surface area contributed by atoms with Crippen molar-refractivity contribution in [3.63, 3.8) is 0 Å². The average Bonchev–Trinajstić information content (AvgIpc) is 2.96. The van der Waals surface area contributed by atoms with Crippen molar-refractivity contribution in [2.75, 3.05) is 5.32 Å². The lowest BCUT2D eigenvalue weighted by Gasteiger charge is -2.08. The maximum atomic E-state index is 13.4. The molecule has 1 aliphatic carbocycles. The van der Waals surface area contributed by atoms with Crippen molar-refractivity contribution >= 4 is 17.5 Å². The van der Waals surface area contributed by atoms with Crippen LogP contribution in [0.2, 0.25) is 0 Å². The minimum atomic E-state index is -0.869. The third-order valence-electron chi connectivity index (χ3n) is 3.85. The number of nitrogens with one attached hydrogen (secondary N) is 1. The first-order chi connectivity index (χ1) is 10.5. The molecule has 22 heavy (non-hydrogen) atoms. The van der Waals surface area contributed by atoms with E-state index in [4.69, 9.17) is 5.73 Å². The Kier molecular flexibility index (Phi) is 3.63. The molecule has 2 amide bonds. The second-order valence-corrected chi connectivity index (χ2v) is 5.35. The van der Waals surface area contributed by atoms with Gasteiger partial charge in [-0.25, -0.2) is 4.39 Å². The van der Waals surface area contributed by atoms with Crippen LogP contribution in [-0.4, -0.2) is 11.8 Å². The van der Waals surface area contributed by atoms with Crippen LogP contribution in [0, 0.1) is 5.82 Å². The number of benzene rings is 2. The van der Waals surface area contributed by atoms with Crippen LogP contribution in [0.1, 0.15) is 38.3 Å². The number of anilines is 1. The zero-order valence-corrected chi connectivity index (χ0v) is 11.9. The van der Waals surface area contributed by atoms with E-state index in [9.17, 15) is 14.0 Å². The molecule has 3 rings (SSSR count). The highest BCUT2D eigenvalue weighted by atomic mass is 19.1. The molecule has 2 aromatic rings. The maximum absolute atomic E-state index is 13.4. The van der Waals surface area contributed by atoms with Gasteiger partial charge in [0.05, 0.1) is 5.56 Å². The van der Waals surface area contributed by atoms with Crippen LogP contribution in [0.3, 0.4) is 0 Å². The van der Waals surface area contributed by atoms with Crippen LogP contribution in [-0.2, 0) is 12.8 Å². The van der Waals surface area contributed by atoms with Gasteiger partial charge < -0.3 is 11.1 Å². The van der Waals surface area contributed by atoms with Crippen LogP contribution in [0.15, 0.2) is 36.4 Å². The van der Waals surface area contributed by atoms with E-state index >= 15 is 0 Å². The molecular weight excluding hydrogens is 283 g/mol. The van der Waals surface area contributed by atoms with E-state index in [1.807, 2.05) is 12.1 Å². The van der Waals surface area contributed by atoms with E-state index < -0.39 is 11.7 Å². The van der Waals surface area contributed by atoms with E-state index in [2.05, 4.69) is 5.32 Å². The molecule has 2 aromatic carbocycles. The van der Waals surface area contributed by atoms with Gasteiger partial charge in [0.2, 0.25) is 0 Å². The summed E-state index contributed by atoms with van der Waals surface area (Å²) >= 11 is 0. The Morgan fingerprint density at radius 3 is 2.59 bits per heavy atom. The third kappa shape index (κ3) is 2.70. The Balaban J connectivity index is 1.82. The number of amides is 2. The summed E-state index contributed by atoms with van der Waals surface area (Å²) in [4.78, 5) is 23.4. The smallest absolute Gasteiger partial charge is 0.255 e. The molecule has 3 N–H and O–H groups in total. The predicted molar refractivity (Wildman–Crippen MR) is 81.3 cm³/mol. The number of aryl methyl sites for hydroxylation is 2. The summed E-state index contributed by atoms with van der Waals surface area (Å²) in [6.45, 7) is 0. The molecule has 0 unspecified atom stereocenters. The third-order valence-corrected chi connectivity index (χ3v) is 3.85. The molecule has 0 bridgehead atoms. The van der Waals surface area contributed by atoms with Gasteiger partial charge in [0.1, 0.15) is 5.82 Å². The lowest BCUT2D eigenvalue weighted by atomic mass is 10.1. The number of hydrogen-bond acceptors (Lipinski definition) is 2. The summed E-state index contributed by atoms with van der Waals surface area (Å²) in [7, 11) is 0. The fourth-order valence-electron chi connectivity index (χ4n) is 2.71. The zero-order chi connectivity index (χ0) is 15.7. The predicted octanol–water partition coefficient (Wildman–Crippen LogP) is 2.67. The van der Waals surface area contributed by atoms with Crippen molar-refractivity contribution < 1.29 is 14.0 Å². The van der Waals surface area contributed by atoms with Crippen LogP contribution >= 0.6 is 0 Å². The lowest BCUT2D eigenvalue weighted by molar-refractivity contribution is 0.0992. The highest BCUT2D eigenvalue weighted by molar-refractivity contribution is 6.05. The van der Waals surface area contributed by atoms with E-state index in [-0.39, 0.29) is 11.5 Å². The highest BCUT2D eigenvalue weighted by Crippen LogP contribution is 2.23. The van der Waals surface area contributed by atoms with Crippen molar-refractivity contribution in [2.45, 2.75) is 19.3 Å². The van der Waals surface area contributed by atoms with E-state index in [0.29, 0.717) is 11.3 Å². The molecule has 0 saturated carbocycles. The van der Waals surface area contributed by atoms with E-state index in [1.165, 1.54) is 23.3 Å². The summed E-state index contributed by atoms with van der Waals surface area (Å²) in [5.74, 6) is -1.87. The lowest BCUT2D eigenvalue weighted by Crippen LogP contribution is -2.16. The Labute approximate surface area is 127 Å². The number of rotatable bonds is 3. The normalized spacial score (nSPS) is 12.8. The molecule has 0 aromatic heterocycles. The number of halogens is 1. The molecule has 0 heterocycles. The summed E-state index contributed by atoms with van der Waals surface area (Å²) in [5, 5.41) is 2.66. The quantitative estimate of drug-likeness (QED) is 0.914. The van der Waals surface area contributed by atoms with Gasteiger partial charge in [0, 0.05) is 11.3 Å². The van der Waals surface area contributed by atoms with Gasteiger partial charge in [-0.15, -0.1) is 0 Å². The minimum absolute atomic E-state index is 0.244. The summed E-state index contributed by atoms with van der Waals surface area (Å²) in [6.07, 6.45) is 3.15. The highest BCUT2D eigenvalue weighted by Gasteiger charge is 2.15. The maximum Gasteiger partial charge on any atom is 0.255 e. The van der Waals surface area contributed by atoms with Crippen LogP contribution in [0.25, 0.3) is 0 Å². The van der Waals surface area contributed by atoms with Gasteiger partial charge >= 0.3 is 0 Å². The number of fused-ring (bicyclic) bond motifs is 1. The molecule has 0 spiro atoms. The first-order valence-electron chi connectivity index (χ1n) is 7.07. The Hall–Kier alpha value is -2.69. The fraction of sp³-hybridized carbons (Fsp3) is 0.176. The monoisotopic (exact) mass is 298 g/mol. The fourth-order valence-corrected chi connectivity index (χ4v) is 2.71. The van der Waals surface area contributed by atoms with Crippen LogP contribution < -0.4 is 11.1 Å². The molecule has 1 aliphatic rings. The zero-order valence-electron chi connectivity index (χ0n) is 11.9. The molecular formula is C17H15FN2O2. The van der Waals surface area contributed by atoms with Crippen molar-refractivity contribution in [3.8, 4) is 0 Å². The first kappa shape index (κ1) is 14.3. The molecule has 112 valence electrons. The molecule has 0 saturated heterocycles. The van der Waals surface area contributed by atoms with Gasteiger partial charge in [-0.2, -0.15) is 0 Å². The Morgan fingerprint density at radius 2 is 1.82 bits per heavy atom. The van der Waals surface area contributed by atoms with Gasteiger partial charge in [-0.3, -0.25) is 9.59 Å². The summed E-state index contributed by atoms with van der Waals surface area (Å²) in [6, 6.07) is 9.37. The molecule has 0 radical (unpaired) electrons. The molecule has 5 heteroatoms. The second kappa shape index (κ2) is 5.60. The van der Waals surface area contributed by atoms with E-state index in [1.54, 1.807) is 6.07 Å². The number of carbonyl (C=O) groups is 2. The van der Waals surface area contributed by atoms with Crippen molar-refractivity contribution in [3.05, 3.63) is 64.5 Å². The Bertz CT molecular complexity index is 771. The number of nitrogens with two attached hydrogens (primary N) is 1. The molecule has 4 nitrogen and oxygen atoms in total. The van der Waals surface area contributed by atoms with Crippen molar-refractivity contribution in [2.24, 2.45) is 5.73 Å². The van der Waals surface area contributed by atoms with Crippen molar-refractivity contribution in [1.29, 1.82) is 0 Å². The largest absolute Gasteiger partial charge is 0.366 e. The minimum Gasteiger partial charge on any atom is -0.366 e. The standard InChI is InChI=1S/C17H15FN2O2/c18-15-7-6-13(9-14(15)16(19)21)20-17(22)12-5-4-10-2-1-3-11(10)8-12/h4-9H,1-3H2,(H2,19,21)(H,20,22). The summed E-state index contributed by atoms with van der Waals surface area (Å²) in [5.41, 5.74) is 8.22. The van der Waals surface area contributed by atoms with Crippen molar-refractivity contribution in [1.82, 2.24) is 0 Å². The van der Waals surface area contributed by atoms with Gasteiger partial charge in [0.15, 0.2) is 0 Å². The molecule has 0 atom stereocenters. The second-order valence-electron chi connectivity index (χ2n) is 5.35.